The Labute approximate surface area is 204 Å². The van der Waals surface area contributed by atoms with Gasteiger partial charge in [0.25, 0.3) is 0 Å². The number of nitrogens with one attached hydrogen (secondary N) is 2. The first-order chi connectivity index (χ1) is 16.8. The SMILES string of the molecule is c1cc2ccc3ccc(CNCCN4CCCCC4)nc3c2nc1CNCCN1CCCCC1. The number of piperidine rings is 2. The summed E-state index contributed by atoms with van der Waals surface area (Å²) < 4.78 is 0. The van der Waals surface area contributed by atoms with Gasteiger partial charge < -0.3 is 20.4 Å². The summed E-state index contributed by atoms with van der Waals surface area (Å²) in [7, 11) is 0. The van der Waals surface area contributed by atoms with Gasteiger partial charge in [-0.05, 0) is 64.0 Å². The first-order valence-corrected chi connectivity index (χ1v) is 13.4. The lowest BCUT2D eigenvalue weighted by Crippen LogP contribution is -2.35. The van der Waals surface area contributed by atoms with Gasteiger partial charge in [0.1, 0.15) is 0 Å². The van der Waals surface area contributed by atoms with Crippen molar-refractivity contribution >= 4 is 21.8 Å². The molecule has 0 radical (unpaired) electrons. The summed E-state index contributed by atoms with van der Waals surface area (Å²) in [6, 6.07) is 13.0. The van der Waals surface area contributed by atoms with Crippen LogP contribution < -0.4 is 10.6 Å². The molecule has 2 saturated heterocycles. The van der Waals surface area contributed by atoms with Gasteiger partial charge in [-0.1, -0.05) is 37.1 Å². The van der Waals surface area contributed by atoms with E-state index in [1.165, 1.54) is 64.7 Å². The topological polar surface area (TPSA) is 56.3 Å². The number of likely N-dealkylation sites (tertiary alicyclic amines) is 2. The average Bonchev–Trinajstić information content (AvgIpc) is 2.90. The van der Waals surface area contributed by atoms with Crippen LogP contribution in [0.15, 0.2) is 36.4 Å². The quantitative estimate of drug-likeness (QED) is 0.353. The second kappa shape index (κ2) is 12.0. The van der Waals surface area contributed by atoms with Crippen LogP contribution in [0.25, 0.3) is 21.8 Å². The van der Waals surface area contributed by atoms with Gasteiger partial charge >= 0.3 is 0 Å². The molecule has 182 valence electrons. The van der Waals surface area contributed by atoms with Gasteiger partial charge in [-0.3, -0.25) is 0 Å². The third kappa shape index (κ3) is 6.30. The number of fused-ring (bicyclic) bond motifs is 3. The van der Waals surface area contributed by atoms with Crippen LogP contribution in [0.1, 0.15) is 49.9 Å². The minimum absolute atomic E-state index is 0.803. The van der Waals surface area contributed by atoms with Crippen LogP contribution in [0.2, 0.25) is 0 Å². The molecule has 5 rings (SSSR count). The molecular formula is C28H40N6. The van der Waals surface area contributed by atoms with Gasteiger partial charge in [0.2, 0.25) is 0 Å². The minimum Gasteiger partial charge on any atom is -0.310 e. The van der Waals surface area contributed by atoms with Gasteiger partial charge in [0, 0.05) is 50.0 Å². The summed E-state index contributed by atoms with van der Waals surface area (Å²) in [5, 5.41) is 9.51. The maximum Gasteiger partial charge on any atom is 0.0968 e. The lowest BCUT2D eigenvalue weighted by Gasteiger charge is -2.26. The van der Waals surface area contributed by atoms with Crippen LogP contribution in [-0.4, -0.2) is 72.1 Å². The highest BCUT2D eigenvalue weighted by Crippen LogP contribution is 2.23. The zero-order valence-corrected chi connectivity index (χ0v) is 20.6. The molecule has 2 aromatic heterocycles. The highest BCUT2D eigenvalue weighted by Gasteiger charge is 2.11. The molecule has 0 aliphatic carbocycles. The van der Waals surface area contributed by atoms with E-state index in [-0.39, 0.29) is 0 Å². The van der Waals surface area contributed by atoms with Crippen LogP contribution in [0.4, 0.5) is 0 Å². The number of hydrogen-bond acceptors (Lipinski definition) is 6. The second-order valence-corrected chi connectivity index (χ2v) is 9.97. The monoisotopic (exact) mass is 460 g/mol. The Hall–Kier alpha value is -2.12. The predicted octanol–water partition coefficient (Wildman–Crippen LogP) is 3.93. The summed E-state index contributed by atoms with van der Waals surface area (Å²) in [5.74, 6) is 0. The molecule has 0 spiro atoms. The largest absolute Gasteiger partial charge is 0.310 e. The number of rotatable bonds is 10. The molecule has 4 heterocycles. The molecule has 2 fully saturated rings. The Morgan fingerprint density at radius 2 is 0.971 bits per heavy atom. The third-order valence-corrected chi connectivity index (χ3v) is 7.35. The third-order valence-electron chi connectivity index (χ3n) is 7.35. The summed E-state index contributed by atoms with van der Waals surface area (Å²) in [6.45, 7) is 10.9. The fraction of sp³-hybridized carbons (Fsp3) is 0.571. The maximum atomic E-state index is 5.02. The second-order valence-electron chi connectivity index (χ2n) is 9.97. The summed E-state index contributed by atoms with van der Waals surface area (Å²) >= 11 is 0. The van der Waals surface area contributed by atoms with E-state index < -0.39 is 0 Å². The van der Waals surface area contributed by atoms with E-state index >= 15 is 0 Å². The van der Waals surface area contributed by atoms with Crippen molar-refractivity contribution in [2.24, 2.45) is 0 Å². The molecule has 3 aromatic rings. The van der Waals surface area contributed by atoms with Crippen LogP contribution >= 0.6 is 0 Å². The molecule has 0 amide bonds. The van der Waals surface area contributed by atoms with Crippen LogP contribution in [0, 0.1) is 0 Å². The van der Waals surface area contributed by atoms with E-state index in [4.69, 9.17) is 9.97 Å². The molecule has 6 heteroatoms. The summed E-state index contributed by atoms with van der Waals surface area (Å²) in [6.07, 6.45) is 8.18. The smallest absolute Gasteiger partial charge is 0.0968 e. The van der Waals surface area contributed by atoms with Crippen LogP contribution in [0.5, 0.6) is 0 Å². The Morgan fingerprint density at radius 3 is 1.41 bits per heavy atom. The predicted molar refractivity (Wildman–Crippen MR) is 141 cm³/mol. The fourth-order valence-electron chi connectivity index (χ4n) is 5.32. The molecule has 0 atom stereocenters. The maximum absolute atomic E-state index is 5.02. The van der Waals surface area contributed by atoms with Crippen LogP contribution in [0.3, 0.4) is 0 Å². The van der Waals surface area contributed by atoms with Crippen molar-refractivity contribution in [3.8, 4) is 0 Å². The fourth-order valence-corrected chi connectivity index (χ4v) is 5.32. The van der Waals surface area contributed by atoms with Crippen molar-refractivity contribution in [1.82, 2.24) is 30.4 Å². The van der Waals surface area contributed by atoms with Crippen molar-refractivity contribution in [2.75, 3.05) is 52.4 Å². The van der Waals surface area contributed by atoms with Crippen molar-refractivity contribution in [3.05, 3.63) is 47.8 Å². The Balaban J connectivity index is 1.19. The molecule has 6 nitrogen and oxygen atoms in total. The molecule has 2 N–H and O–H groups in total. The summed E-state index contributed by atoms with van der Waals surface area (Å²) in [5.41, 5.74) is 4.21. The molecule has 1 aromatic carbocycles. The van der Waals surface area contributed by atoms with Gasteiger partial charge in [-0.25, -0.2) is 9.97 Å². The lowest BCUT2D eigenvalue weighted by atomic mass is 10.1. The summed E-state index contributed by atoms with van der Waals surface area (Å²) in [4.78, 5) is 15.2. The minimum atomic E-state index is 0.803. The molecule has 0 bridgehead atoms. The Bertz CT molecular complexity index is 971. The highest BCUT2D eigenvalue weighted by atomic mass is 15.1. The number of nitrogens with zero attached hydrogens (tertiary/aromatic N) is 4. The van der Waals surface area contributed by atoms with Crippen molar-refractivity contribution in [2.45, 2.75) is 51.6 Å². The standard InChI is InChI=1S/C28H40N6/c1-3-15-33(16-4-1)19-13-29-21-25-11-9-23-7-8-24-10-12-26(32-28(24)27(23)31-25)22-30-14-20-34-17-5-2-6-18-34/h7-12,29-30H,1-6,13-22H2. The zero-order valence-electron chi connectivity index (χ0n) is 20.6. The number of pyridine rings is 2. The van der Waals surface area contributed by atoms with E-state index in [9.17, 15) is 0 Å². The van der Waals surface area contributed by atoms with Gasteiger partial charge in [-0.15, -0.1) is 0 Å². The first-order valence-electron chi connectivity index (χ1n) is 13.4. The zero-order chi connectivity index (χ0) is 23.0. The molecule has 0 unspecified atom stereocenters. The Kier molecular flexibility index (Phi) is 8.35. The van der Waals surface area contributed by atoms with Crippen molar-refractivity contribution < 1.29 is 0 Å². The number of benzene rings is 1. The van der Waals surface area contributed by atoms with E-state index in [0.29, 0.717) is 0 Å². The van der Waals surface area contributed by atoms with Gasteiger partial charge in [0.05, 0.1) is 22.4 Å². The van der Waals surface area contributed by atoms with Gasteiger partial charge in [0.15, 0.2) is 0 Å². The lowest BCUT2D eigenvalue weighted by molar-refractivity contribution is 0.229. The molecule has 0 saturated carbocycles. The molecule has 34 heavy (non-hydrogen) atoms. The number of aromatic nitrogens is 2. The number of hydrogen-bond donors (Lipinski definition) is 2. The van der Waals surface area contributed by atoms with Crippen LogP contribution in [-0.2, 0) is 13.1 Å². The van der Waals surface area contributed by atoms with E-state index in [1.54, 1.807) is 0 Å². The molecule has 2 aliphatic heterocycles. The Morgan fingerprint density at radius 1 is 0.559 bits per heavy atom. The average molecular weight is 461 g/mol. The van der Waals surface area contributed by atoms with Gasteiger partial charge in [-0.2, -0.15) is 0 Å². The van der Waals surface area contributed by atoms with Crippen molar-refractivity contribution in [3.63, 3.8) is 0 Å². The molecule has 2 aliphatic rings. The van der Waals surface area contributed by atoms with E-state index in [2.05, 4.69) is 56.8 Å². The van der Waals surface area contributed by atoms with E-state index in [1.807, 2.05) is 0 Å². The van der Waals surface area contributed by atoms with Crippen molar-refractivity contribution in [1.29, 1.82) is 0 Å². The first kappa shape index (κ1) is 23.6. The normalized spacial score (nSPS) is 18.1. The highest BCUT2D eigenvalue weighted by molar-refractivity contribution is 6.02. The molecular weight excluding hydrogens is 420 g/mol. The van der Waals surface area contributed by atoms with E-state index in [0.717, 1.165) is 72.5 Å².